The van der Waals surface area contributed by atoms with Crippen molar-refractivity contribution in [3.63, 3.8) is 0 Å². The largest absolute Gasteiger partial charge is 0.336 e. The van der Waals surface area contributed by atoms with Crippen LogP contribution in [0.2, 0.25) is 0 Å². The highest BCUT2D eigenvalue weighted by Crippen LogP contribution is 2.25. The van der Waals surface area contributed by atoms with E-state index in [2.05, 4.69) is 5.32 Å². The Morgan fingerprint density at radius 3 is 2.16 bits per heavy atom. The van der Waals surface area contributed by atoms with Crippen molar-refractivity contribution in [1.82, 2.24) is 14.5 Å². The average Bonchev–Trinajstić information content (AvgIpc) is 3.11. The Kier molecular flexibility index (Phi) is 5.96. The average molecular weight is 450 g/mol. The molecule has 3 aromatic rings. The maximum absolute atomic E-state index is 13.2. The number of hydrogen-bond donors (Lipinski definition) is 1. The van der Waals surface area contributed by atoms with Gasteiger partial charge >= 0.3 is 6.03 Å². The number of hydrogen-bond acceptors (Lipinski definition) is 4. The van der Waals surface area contributed by atoms with E-state index in [-0.39, 0.29) is 23.9 Å². The molecule has 1 aliphatic rings. The first kappa shape index (κ1) is 21.6. The number of aryl methyl sites for hydroxylation is 1. The maximum Gasteiger partial charge on any atom is 0.336 e. The van der Waals surface area contributed by atoms with Gasteiger partial charge in [0.1, 0.15) is 6.17 Å². The molecule has 4 rings (SSSR count). The normalized spacial score (nSPS) is 16.3. The molecule has 1 atom stereocenters. The van der Waals surface area contributed by atoms with E-state index in [1.165, 1.54) is 17.0 Å². The molecule has 0 bridgehead atoms. The summed E-state index contributed by atoms with van der Waals surface area (Å²) in [5.74, 6) is -0.379. The van der Waals surface area contributed by atoms with Gasteiger partial charge in [0.25, 0.3) is 15.9 Å². The van der Waals surface area contributed by atoms with E-state index < -0.39 is 22.2 Å². The molecule has 164 valence electrons. The lowest BCUT2D eigenvalue weighted by Gasteiger charge is -2.24. The van der Waals surface area contributed by atoms with Crippen LogP contribution in [-0.2, 0) is 16.6 Å². The topological polar surface area (TPSA) is 86.8 Å². The van der Waals surface area contributed by atoms with E-state index >= 15 is 0 Å². The van der Waals surface area contributed by atoms with Gasteiger partial charge < -0.3 is 5.32 Å². The number of nitrogens with zero attached hydrogens (tertiary/aromatic N) is 2. The first-order valence-electron chi connectivity index (χ1n) is 10.2. The molecule has 0 radical (unpaired) electrons. The third-order valence-electron chi connectivity index (χ3n) is 5.31. The van der Waals surface area contributed by atoms with E-state index in [0.29, 0.717) is 5.56 Å². The Labute approximate surface area is 187 Å². The van der Waals surface area contributed by atoms with Crippen molar-refractivity contribution >= 4 is 22.0 Å². The molecule has 32 heavy (non-hydrogen) atoms. The number of carbonyl (C=O) groups is 2. The summed E-state index contributed by atoms with van der Waals surface area (Å²) >= 11 is 0. The predicted molar refractivity (Wildman–Crippen MR) is 120 cm³/mol. The molecule has 1 N–H and O–H groups in total. The van der Waals surface area contributed by atoms with Gasteiger partial charge in [-0.2, -0.15) is 0 Å². The highest BCUT2D eigenvalue weighted by molar-refractivity contribution is 7.89. The second-order valence-corrected chi connectivity index (χ2v) is 9.46. The number of sulfonamides is 1. The van der Waals surface area contributed by atoms with Crippen molar-refractivity contribution in [2.24, 2.45) is 0 Å². The molecule has 0 aromatic heterocycles. The van der Waals surface area contributed by atoms with Crippen molar-refractivity contribution in [3.05, 3.63) is 102 Å². The summed E-state index contributed by atoms with van der Waals surface area (Å²) in [7, 11) is -4.07. The lowest BCUT2D eigenvalue weighted by molar-refractivity contribution is 0.0900. The summed E-state index contributed by atoms with van der Waals surface area (Å²) in [5.41, 5.74) is 2.17. The minimum absolute atomic E-state index is 0.0335. The second kappa shape index (κ2) is 8.84. The molecular formula is C24H23N3O4S. The quantitative estimate of drug-likeness (QED) is 0.625. The molecule has 0 aliphatic carbocycles. The van der Waals surface area contributed by atoms with Crippen molar-refractivity contribution in [3.8, 4) is 0 Å². The number of rotatable bonds is 6. The van der Waals surface area contributed by atoms with Crippen molar-refractivity contribution < 1.29 is 18.0 Å². The van der Waals surface area contributed by atoms with Gasteiger partial charge in [0.2, 0.25) is 0 Å². The number of urea groups is 1. The Morgan fingerprint density at radius 1 is 0.938 bits per heavy atom. The highest BCUT2D eigenvalue weighted by Gasteiger charge is 2.44. The summed E-state index contributed by atoms with van der Waals surface area (Å²) in [6, 6.07) is 23.5. The zero-order valence-electron chi connectivity index (χ0n) is 17.5. The molecule has 1 aliphatic heterocycles. The smallest absolute Gasteiger partial charge is 0.330 e. The standard InChI is InChI=1S/C24H23N3O4S/c1-18-12-14-21(15-13-18)32(30,31)27-17-22(25-23(28)20-10-6-3-7-11-20)26(24(27)29)16-19-8-4-2-5-9-19/h2-15,22H,16-17H2,1H3,(H,25,28). The SMILES string of the molecule is Cc1ccc(S(=O)(=O)N2CC(NC(=O)c3ccccc3)N(Cc3ccccc3)C2=O)cc1. The molecule has 1 fully saturated rings. The van der Waals surface area contributed by atoms with Gasteiger partial charge in [0, 0.05) is 12.1 Å². The lowest BCUT2D eigenvalue weighted by atomic mass is 10.2. The van der Waals surface area contributed by atoms with Gasteiger partial charge in [0.05, 0.1) is 11.4 Å². The van der Waals surface area contributed by atoms with Gasteiger partial charge in [-0.15, -0.1) is 0 Å². The first-order valence-corrected chi connectivity index (χ1v) is 11.6. The van der Waals surface area contributed by atoms with Gasteiger partial charge in [0.15, 0.2) is 0 Å². The zero-order valence-corrected chi connectivity index (χ0v) is 18.3. The zero-order chi connectivity index (χ0) is 22.7. The molecule has 0 spiro atoms. The fourth-order valence-corrected chi connectivity index (χ4v) is 4.94. The molecule has 8 heteroatoms. The van der Waals surface area contributed by atoms with E-state index in [9.17, 15) is 18.0 Å². The van der Waals surface area contributed by atoms with Gasteiger partial charge in [-0.3, -0.25) is 9.69 Å². The summed E-state index contributed by atoms with van der Waals surface area (Å²) in [4.78, 5) is 27.4. The van der Waals surface area contributed by atoms with E-state index in [4.69, 9.17) is 0 Å². The summed E-state index contributed by atoms with van der Waals surface area (Å²) in [6.07, 6.45) is -0.810. The molecule has 3 aromatic carbocycles. The van der Waals surface area contributed by atoms with Crippen LogP contribution in [0.4, 0.5) is 4.79 Å². The molecule has 0 saturated carbocycles. The van der Waals surface area contributed by atoms with Crippen LogP contribution in [0.5, 0.6) is 0 Å². The Bertz CT molecular complexity index is 1210. The summed E-state index contributed by atoms with van der Waals surface area (Å²) < 4.78 is 27.3. The van der Waals surface area contributed by atoms with E-state index in [0.717, 1.165) is 15.4 Å². The highest BCUT2D eigenvalue weighted by atomic mass is 32.2. The number of nitrogens with one attached hydrogen (secondary N) is 1. The minimum atomic E-state index is -4.07. The molecule has 3 amide bonds. The van der Waals surface area contributed by atoms with E-state index in [1.807, 2.05) is 37.3 Å². The molecular weight excluding hydrogens is 426 g/mol. The van der Waals surface area contributed by atoms with Crippen LogP contribution in [-0.4, -0.2) is 42.3 Å². The number of carbonyl (C=O) groups excluding carboxylic acids is 2. The molecule has 7 nitrogen and oxygen atoms in total. The van der Waals surface area contributed by atoms with Crippen LogP contribution in [0.1, 0.15) is 21.5 Å². The molecule has 1 saturated heterocycles. The van der Waals surface area contributed by atoms with Gasteiger partial charge in [-0.1, -0.05) is 66.2 Å². The van der Waals surface area contributed by atoms with Crippen LogP contribution in [0.3, 0.4) is 0 Å². The Morgan fingerprint density at radius 2 is 1.53 bits per heavy atom. The Balaban J connectivity index is 1.64. The third-order valence-corrected chi connectivity index (χ3v) is 7.07. The monoisotopic (exact) mass is 449 g/mol. The van der Waals surface area contributed by atoms with E-state index in [1.54, 1.807) is 42.5 Å². The third kappa shape index (κ3) is 4.36. The molecule has 1 unspecified atom stereocenters. The number of benzene rings is 3. The van der Waals surface area contributed by atoms with Crippen LogP contribution >= 0.6 is 0 Å². The summed E-state index contributed by atoms with van der Waals surface area (Å²) in [6.45, 7) is 1.84. The van der Waals surface area contributed by atoms with Crippen molar-refractivity contribution in [1.29, 1.82) is 0 Å². The van der Waals surface area contributed by atoms with Crippen LogP contribution in [0, 0.1) is 6.92 Å². The fourth-order valence-electron chi connectivity index (χ4n) is 3.55. The van der Waals surface area contributed by atoms with Crippen LogP contribution in [0.15, 0.2) is 89.8 Å². The van der Waals surface area contributed by atoms with Crippen LogP contribution < -0.4 is 5.32 Å². The maximum atomic E-state index is 13.2. The van der Waals surface area contributed by atoms with Crippen molar-refractivity contribution in [2.75, 3.05) is 6.54 Å². The Hall–Kier alpha value is -3.65. The minimum Gasteiger partial charge on any atom is -0.330 e. The lowest BCUT2D eigenvalue weighted by Crippen LogP contribution is -2.46. The number of amides is 3. The van der Waals surface area contributed by atoms with Crippen LogP contribution in [0.25, 0.3) is 0 Å². The molecule has 1 heterocycles. The first-order chi connectivity index (χ1) is 15.4. The predicted octanol–water partition coefficient (Wildman–Crippen LogP) is 3.38. The summed E-state index contributed by atoms with van der Waals surface area (Å²) in [5, 5.41) is 2.82. The van der Waals surface area contributed by atoms with Gasteiger partial charge in [-0.25, -0.2) is 17.5 Å². The second-order valence-electron chi connectivity index (χ2n) is 7.60. The fraction of sp³-hybridized carbons (Fsp3) is 0.167. The van der Waals surface area contributed by atoms with Crippen molar-refractivity contribution in [2.45, 2.75) is 24.5 Å². The van der Waals surface area contributed by atoms with Gasteiger partial charge in [-0.05, 0) is 36.8 Å².